The van der Waals surface area contributed by atoms with Crippen molar-refractivity contribution in [2.75, 3.05) is 59.6 Å². The Morgan fingerprint density at radius 1 is 1.44 bits per heavy atom. The van der Waals surface area contributed by atoms with Crippen LogP contribution in [0.25, 0.3) is 0 Å². The third-order valence-corrected chi connectivity index (χ3v) is 4.59. The van der Waals surface area contributed by atoms with Gasteiger partial charge in [0.25, 0.3) is 0 Å². The lowest BCUT2D eigenvalue weighted by molar-refractivity contribution is 0.0195. The molecule has 138 valence electrons. The topological polar surface area (TPSA) is 62.2 Å². The number of nitrogens with zero attached hydrogens (tertiary/aromatic N) is 4. The summed E-state index contributed by atoms with van der Waals surface area (Å²) in [5.41, 5.74) is 0. The van der Waals surface area contributed by atoms with Gasteiger partial charge in [-0.2, -0.15) is 0 Å². The first kappa shape index (κ1) is 17.9. The first-order valence-electron chi connectivity index (χ1n) is 8.78. The van der Waals surface area contributed by atoms with Gasteiger partial charge in [0, 0.05) is 45.5 Å². The molecule has 1 unspecified atom stereocenters. The lowest BCUT2D eigenvalue weighted by Gasteiger charge is -2.32. The first-order chi connectivity index (χ1) is 12.3. The maximum Gasteiger partial charge on any atom is 0.250 e. The Bertz CT molecular complexity index is 580. The number of ether oxygens (including phenoxy) is 2. The minimum atomic E-state index is -0.445. The van der Waals surface area contributed by atoms with E-state index < -0.39 is 5.82 Å². The van der Waals surface area contributed by atoms with Crippen LogP contribution in [0.5, 0.6) is 5.88 Å². The molecule has 3 rings (SSSR count). The number of halogens is 1. The Morgan fingerprint density at radius 2 is 2.28 bits per heavy atom. The summed E-state index contributed by atoms with van der Waals surface area (Å²) in [5.74, 6) is 0.452. The molecule has 1 N–H and O–H groups in total. The lowest BCUT2D eigenvalue weighted by atomic mass is 10.2. The molecule has 1 aromatic rings. The molecule has 1 aromatic heterocycles. The van der Waals surface area contributed by atoms with Gasteiger partial charge in [-0.05, 0) is 18.6 Å². The van der Waals surface area contributed by atoms with Crippen molar-refractivity contribution >= 4 is 5.96 Å². The fourth-order valence-electron chi connectivity index (χ4n) is 3.30. The van der Waals surface area contributed by atoms with Crippen molar-refractivity contribution in [3.8, 4) is 5.88 Å². The minimum absolute atomic E-state index is 0.0350. The van der Waals surface area contributed by atoms with E-state index in [9.17, 15) is 4.39 Å². The molecule has 3 heterocycles. The number of aromatic nitrogens is 1. The standard InChI is InChI=1S/C17H26FN5O2/c1-19-17(21-6-10-25-16-15(18)3-2-5-20-16)23-7-4-14(13-23)22-8-11-24-12-9-22/h2-3,5,14H,4,6-13H2,1H3,(H,19,21). The largest absolute Gasteiger partial charge is 0.474 e. The van der Waals surface area contributed by atoms with E-state index in [4.69, 9.17) is 9.47 Å². The Labute approximate surface area is 147 Å². The van der Waals surface area contributed by atoms with Crippen molar-refractivity contribution in [1.29, 1.82) is 0 Å². The van der Waals surface area contributed by atoms with Crippen LogP contribution < -0.4 is 10.1 Å². The monoisotopic (exact) mass is 351 g/mol. The van der Waals surface area contributed by atoms with Gasteiger partial charge in [-0.3, -0.25) is 9.89 Å². The number of rotatable bonds is 5. The van der Waals surface area contributed by atoms with Gasteiger partial charge in [-0.1, -0.05) is 0 Å². The van der Waals surface area contributed by atoms with Gasteiger partial charge in [0.1, 0.15) is 6.61 Å². The summed E-state index contributed by atoms with van der Waals surface area (Å²) in [6, 6.07) is 3.44. The third kappa shape index (κ3) is 4.79. The number of morpholine rings is 1. The highest BCUT2D eigenvalue weighted by atomic mass is 19.1. The molecule has 0 spiro atoms. The summed E-state index contributed by atoms with van der Waals surface area (Å²) in [6.07, 6.45) is 2.65. The number of aliphatic imine (C=N–C) groups is 1. The van der Waals surface area contributed by atoms with Gasteiger partial charge in [0.2, 0.25) is 5.88 Å². The van der Waals surface area contributed by atoms with Gasteiger partial charge in [-0.25, -0.2) is 9.37 Å². The summed E-state index contributed by atoms with van der Waals surface area (Å²) >= 11 is 0. The fraction of sp³-hybridized carbons (Fsp3) is 0.647. The molecule has 2 aliphatic heterocycles. The Morgan fingerprint density at radius 3 is 3.04 bits per heavy atom. The third-order valence-electron chi connectivity index (χ3n) is 4.59. The highest BCUT2D eigenvalue weighted by molar-refractivity contribution is 5.80. The van der Waals surface area contributed by atoms with E-state index >= 15 is 0 Å². The Hall–Kier alpha value is -1.93. The van der Waals surface area contributed by atoms with Crippen molar-refractivity contribution in [1.82, 2.24) is 20.1 Å². The molecule has 2 saturated heterocycles. The van der Waals surface area contributed by atoms with Crippen molar-refractivity contribution < 1.29 is 13.9 Å². The fourth-order valence-corrected chi connectivity index (χ4v) is 3.30. The molecule has 7 nitrogen and oxygen atoms in total. The molecular weight excluding hydrogens is 325 g/mol. The molecule has 1 atom stereocenters. The van der Waals surface area contributed by atoms with Crippen molar-refractivity contribution in [3.63, 3.8) is 0 Å². The van der Waals surface area contributed by atoms with Gasteiger partial charge >= 0.3 is 0 Å². The highest BCUT2D eigenvalue weighted by Gasteiger charge is 2.30. The second-order valence-corrected chi connectivity index (χ2v) is 6.15. The van der Waals surface area contributed by atoms with Crippen LogP contribution in [0.2, 0.25) is 0 Å². The summed E-state index contributed by atoms with van der Waals surface area (Å²) in [4.78, 5) is 13.0. The van der Waals surface area contributed by atoms with Gasteiger partial charge in [-0.15, -0.1) is 0 Å². The maximum atomic E-state index is 13.5. The number of guanidine groups is 1. The molecule has 2 fully saturated rings. The molecule has 0 saturated carbocycles. The predicted octanol–water partition coefficient (Wildman–Crippen LogP) is 0.581. The summed E-state index contributed by atoms with van der Waals surface area (Å²) in [6.45, 7) is 6.49. The molecule has 0 amide bonds. The number of nitrogens with one attached hydrogen (secondary N) is 1. The van der Waals surface area contributed by atoms with Crippen LogP contribution in [-0.2, 0) is 4.74 Å². The highest BCUT2D eigenvalue weighted by Crippen LogP contribution is 2.17. The van der Waals surface area contributed by atoms with Crippen LogP contribution in [0.15, 0.2) is 23.3 Å². The van der Waals surface area contributed by atoms with Crippen LogP contribution in [0.1, 0.15) is 6.42 Å². The van der Waals surface area contributed by atoms with Gasteiger partial charge in [0.15, 0.2) is 11.8 Å². The quantitative estimate of drug-likeness (QED) is 0.476. The Balaban J connectivity index is 1.41. The molecule has 0 radical (unpaired) electrons. The zero-order valence-corrected chi connectivity index (χ0v) is 14.7. The van der Waals surface area contributed by atoms with Crippen molar-refractivity contribution in [2.45, 2.75) is 12.5 Å². The van der Waals surface area contributed by atoms with Crippen molar-refractivity contribution in [2.24, 2.45) is 4.99 Å². The zero-order valence-electron chi connectivity index (χ0n) is 14.7. The summed E-state index contributed by atoms with van der Waals surface area (Å²) in [5, 5.41) is 3.28. The van der Waals surface area contributed by atoms with Crippen LogP contribution in [0.3, 0.4) is 0 Å². The summed E-state index contributed by atoms with van der Waals surface area (Å²) < 4.78 is 24.2. The minimum Gasteiger partial charge on any atom is -0.474 e. The number of hydrogen-bond acceptors (Lipinski definition) is 5. The van der Waals surface area contributed by atoms with E-state index in [-0.39, 0.29) is 5.88 Å². The predicted molar refractivity (Wildman–Crippen MR) is 93.4 cm³/mol. The molecule has 25 heavy (non-hydrogen) atoms. The van der Waals surface area contributed by atoms with Crippen LogP contribution in [-0.4, -0.2) is 86.4 Å². The van der Waals surface area contributed by atoms with Gasteiger partial charge in [0.05, 0.1) is 19.8 Å². The number of likely N-dealkylation sites (tertiary alicyclic amines) is 1. The van der Waals surface area contributed by atoms with Gasteiger partial charge < -0.3 is 19.7 Å². The summed E-state index contributed by atoms with van der Waals surface area (Å²) in [7, 11) is 1.78. The average Bonchev–Trinajstić information content (AvgIpc) is 3.14. The van der Waals surface area contributed by atoms with E-state index in [1.165, 1.54) is 12.3 Å². The van der Waals surface area contributed by atoms with E-state index in [0.29, 0.717) is 19.2 Å². The van der Waals surface area contributed by atoms with E-state index in [1.807, 2.05) is 0 Å². The molecule has 0 aromatic carbocycles. The molecule has 0 aliphatic carbocycles. The number of pyridine rings is 1. The van der Waals surface area contributed by atoms with E-state index in [0.717, 1.165) is 51.8 Å². The van der Waals surface area contributed by atoms with E-state index in [1.54, 1.807) is 13.1 Å². The maximum absolute atomic E-state index is 13.5. The normalized spacial score (nSPS) is 22.2. The second-order valence-electron chi connectivity index (χ2n) is 6.15. The Kier molecular flexibility index (Phi) is 6.41. The SMILES string of the molecule is CN=C(NCCOc1ncccc1F)N1CCC(N2CCOCC2)C1. The van der Waals surface area contributed by atoms with Crippen LogP contribution >= 0.6 is 0 Å². The van der Waals surface area contributed by atoms with Crippen LogP contribution in [0.4, 0.5) is 4.39 Å². The molecular formula is C17H26FN5O2. The van der Waals surface area contributed by atoms with Crippen molar-refractivity contribution in [3.05, 3.63) is 24.1 Å². The lowest BCUT2D eigenvalue weighted by Crippen LogP contribution is -2.47. The zero-order chi connectivity index (χ0) is 17.5. The molecule has 0 bridgehead atoms. The second kappa shape index (κ2) is 8.96. The number of hydrogen-bond donors (Lipinski definition) is 1. The van der Waals surface area contributed by atoms with E-state index in [2.05, 4.69) is 25.1 Å². The average molecular weight is 351 g/mol. The molecule has 2 aliphatic rings. The first-order valence-corrected chi connectivity index (χ1v) is 8.78. The smallest absolute Gasteiger partial charge is 0.250 e. The van der Waals surface area contributed by atoms with Crippen LogP contribution in [0, 0.1) is 5.82 Å². The molecule has 8 heteroatoms.